The van der Waals surface area contributed by atoms with Crippen LogP contribution in [0.2, 0.25) is 0 Å². The van der Waals surface area contributed by atoms with E-state index in [1.165, 1.54) is 5.57 Å². The first kappa shape index (κ1) is 17.4. The van der Waals surface area contributed by atoms with E-state index >= 15 is 0 Å². The Kier molecular flexibility index (Phi) is 4.78. The Bertz CT molecular complexity index is 802. The lowest BCUT2D eigenvalue weighted by Gasteiger charge is -2.47. The lowest BCUT2D eigenvalue weighted by Crippen LogP contribution is -2.45. The highest BCUT2D eigenvalue weighted by molar-refractivity contribution is 5.56. The zero-order chi connectivity index (χ0) is 18.0. The predicted molar refractivity (Wildman–Crippen MR) is 98.4 cm³/mol. The fraction of sp³-hybridized carbons (Fsp3) is 0.500. The molecular formula is C22H25NO2. The van der Waals surface area contributed by atoms with E-state index in [9.17, 15) is 5.11 Å². The number of ether oxygens (including phenoxy) is 1. The molecule has 2 aliphatic rings. The molecule has 1 aliphatic carbocycles. The highest BCUT2D eigenvalue weighted by atomic mass is 16.5. The van der Waals surface area contributed by atoms with Gasteiger partial charge in [0.25, 0.3) is 0 Å². The molecule has 0 saturated heterocycles. The van der Waals surface area contributed by atoms with Gasteiger partial charge in [0.1, 0.15) is 17.1 Å². The number of nitrogens with zero attached hydrogens (tertiary/aromatic N) is 1. The number of unbranched alkanes of at least 4 members (excludes halogenated alkanes) is 2. The van der Waals surface area contributed by atoms with Crippen molar-refractivity contribution in [1.29, 1.82) is 5.26 Å². The normalized spacial score (nSPS) is 23.0. The van der Waals surface area contributed by atoms with Gasteiger partial charge in [-0.3, -0.25) is 0 Å². The molecule has 0 amide bonds. The number of aromatic hydroxyl groups is 1. The van der Waals surface area contributed by atoms with Crippen LogP contribution in [0.5, 0.6) is 11.5 Å². The molecule has 3 heteroatoms. The standard InChI is InChI=1S/C22H25NO2/c1-15-9-10-18-17(12-15)21-19(24)13-16(8-6-4-5-7-11-23)14-20(21)25-22(18,2)3/h9,13-14,17-18,24H,4-5,7,10,12H2,1-3H3. The van der Waals surface area contributed by atoms with Crippen molar-refractivity contribution in [2.24, 2.45) is 5.92 Å². The van der Waals surface area contributed by atoms with Crippen molar-refractivity contribution < 1.29 is 9.84 Å². The first-order valence-corrected chi connectivity index (χ1v) is 8.99. The lowest BCUT2D eigenvalue weighted by molar-refractivity contribution is 0.00759. The summed E-state index contributed by atoms with van der Waals surface area (Å²) in [6.45, 7) is 6.44. The highest BCUT2D eigenvalue weighted by Gasteiger charge is 2.45. The maximum absolute atomic E-state index is 10.7. The smallest absolute Gasteiger partial charge is 0.128 e. The number of benzene rings is 1. The molecule has 1 N–H and O–H groups in total. The van der Waals surface area contributed by atoms with Crippen LogP contribution in [0.25, 0.3) is 0 Å². The molecule has 1 heterocycles. The molecule has 0 aromatic heterocycles. The number of hydrogen-bond donors (Lipinski definition) is 1. The molecule has 2 atom stereocenters. The van der Waals surface area contributed by atoms with Gasteiger partial charge in [-0.25, -0.2) is 0 Å². The number of rotatable bonds is 2. The van der Waals surface area contributed by atoms with Gasteiger partial charge in [-0.2, -0.15) is 5.26 Å². The zero-order valence-electron chi connectivity index (χ0n) is 15.2. The summed E-state index contributed by atoms with van der Waals surface area (Å²) in [5, 5.41) is 19.2. The first-order chi connectivity index (χ1) is 11.9. The summed E-state index contributed by atoms with van der Waals surface area (Å²) in [7, 11) is 0. The fourth-order valence-corrected chi connectivity index (χ4v) is 4.06. The van der Waals surface area contributed by atoms with Crippen LogP contribution in [-0.4, -0.2) is 10.7 Å². The molecular weight excluding hydrogens is 310 g/mol. The summed E-state index contributed by atoms with van der Waals surface area (Å²) in [4.78, 5) is 0. The third-order valence-electron chi connectivity index (χ3n) is 5.33. The van der Waals surface area contributed by atoms with Crippen LogP contribution in [0, 0.1) is 29.1 Å². The van der Waals surface area contributed by atoms with E-state index in [1.54, 1.807) is 6.07 Å². The minimum Gasteiger partial charge on any atom is -0.507 e. The number of nitriles is 1. The number of phenolic OH excluding ortho intramolecular Hbond substituents is 1. The quantitative estimate of drug-likeness (QED) is 0.467. The number of allylic oxidation sites excluding steroid dienone is 2. The second kappa shape index (κ2) is 6.85. The van der Waals surface area contributed by atoms with E-state index in [-0.39, 0.29) is 5.60 Å². The van der Waals surface area contributed by atoms with Gasteiger partial charge in [0.15, 0.2) is 0 Å². The first-order valence-electron chi connectivity index (χ1n) is 8.99. The number of fused-ring (bicyclic) bond motifs is 3. The van der Waals surface area contributed by atoms with Gasteiger partial charge >= 0.3 is 0 Å². The third kappa shape index (κ3) is 3.52. The molecule has 0 spiro atoms. The second-order valence-corrected chi connectivity index (χ2v) is 7.63. The van der Waals surface area contributed by atoms with E-state index in [1.807, 2.05) is 6.07 Å². The van der Waals surface area contributed by atoms with Crippen molar-refractivity contribution in [3.05, 3.63) is 34.9 Å². The Morgan fingerprint density at radius 2 is 2.12 bits per heavy atom. The summed E-state index contributed by atoms with van der Waals surface area (Å²) >= 11 is 0. The fourth-order valence-electron chi connectivity index (χ4n) is 4.06. The molecule has 0 saturated carbocycles. The molecule has 25 heavy (non-hydrogen) atoms. The molecule has 0 bridgehead atoms. The van der Waals surface area contributed by atoms with Gasteiger partial charge in [0.2, 0.25) is 0 Å². The Morgan fingerprint density at radius 1 is 1.32 bits per heavy atom. The molecule has 3 rings (SSSR count). The summed E-state index contributed by atoms with van der Waals surface area (Å²) in [5.41, 5.74) is 2.82. The van der Waals surface area contributed by atoms with E-state index in [4.69, 9.17) is 10.00 Å². The average Bonchev–Trinajstić information content (AvgIpc) is 2.53. The zero-order valence-corrected chi connectivity index (χ0v) is 15.2. The molecule has 3 nitrogen and oxygen atoms in total. The Hall–Kier alpha value is -2.39. The highest BCUT2D eigenvalue weighted by Crippen LogP contribution is 2.54. The average molecular weight is 335 g/mol. The Balaban J connectivity index is 1.93. The minimum atomic E-state index is -0.264. The predicted octanol–water partition coefficient (Wildman–Crippen LogP) is 5.05. The van der Waals surface area contributed by atoms with Crippen LogP contribution in [0.1, 0.15) is 69.9 Å². The SMILES string of the molecule is CC1=CCC2C(C1)c1c(O)cc(C#CCCCC#N)cc1OC2(C)C. The minimum absolute atomic E-state index is 0.264. The van der Waals surface area contributed by atoms with E-state index in [0.29, 0.717) is 30.4 Å². The van der Waals surface area contributed by atoms with Crippen molar-refractivity contribution in [2.75, 3.05) is 0 Å². The van der Waals surface area contributed by atoms with Crippen LogP contribution >= 0.6 is 0 Å². The van der Waals surface area contributed by atoms with Crippen LogP contribution in [0.4, 0.5) is 0 Å². The monoisotopic (exact) mass is 335 g/mol. The second-order valence-electron chi connectivity index (χ2n) is 7.63. The maximum atomic E-state index is 10.7. The van der Waals surface area contributed by atoms with E-state index < -0.39 is 0 Å². The van der Waals surface area contributed by atoms with Gasteiger partial charge in [0.05, 0.1) is 6.07 Å². The third-order valence-corrected chi connectivity index (χ3v) is 5.33. The van der Waals surface area contributed by atoms with Gasteiger partial charge < -0.3 is 9.84 Å². The summed E-state index contributed by atoms with van der Waals surface area (Å²) in [5.74, 6) is 7.89. The van der Waals surface area contributed by atoms with Gasteiger partial charge in [-0.05, 0) is 52.2 Å². The van der Waals surface area contributed by atoms with Crippen LogP contribution in [-0.2, 0) is 0 Å². The molecule has 2 unspecified atom stereocenters. The summed E-state index contributed by atoms with van der Waals surface area (Å²) in [6, 6.07) is 5.83. The van der Waals surface area contributed by atoms with E-state index in [2.05, 4.69) is 44.8 Å². The molecule has 1 aromatic rings. The van der Waals surface area contributed by atoms with E-state index in [0.717, 1.165) is 36.1 Å². The molecule has 1 aromatic carbocycles. The lowest BCUT2D eigenvalue weighted by atomic mass is 9.67. The largest absolute Gasteiger partial charge is 0.507 e. The number of phenols is 1. The Labute approximate surface area is 150 Å². The summed E-state index contributed by atoms with van der Waals surface area (Å²) in [6.07, 6.45) is 6.25. The molecule has 130 valence electrons. The van der Waals surface area contributed by atoms with Gasteiger partial charge in [-0.1, -0.05) is 23.5 Å². The van der Waals surface area contributed by atoms with Crippen LogP contribution < -0.4 is 4.74 Å². The number of hydrogen-bond acceptors (Lipinski definition) is 3. The molecule has 0 fully saturated rings. The Morgan fingerprint density at radius 3 is 2.88 bits per heavy atom. The van der Waals surface area contributed by atoms with Crippen molar-refractivity contribution in [1.82, 2.24) is 0 Å². The molecule has 1 aliphatic heterocycles. The van der Waals surface area contributed by atoms with Crippen LogP contribution in [0.3, 0.4) is 0 Å². The van der Waals surface area contributed by atoms with Crippen molar-refractivity contribution in [2.45, 2.75) is 64.4 Å². The van der Waals surface area contributed by atoms with Crippen molar-refractivity contribution in [3.8, 4) is 29.4 Å². The van der Waals surface area contributed by atoms with Gasteiger partial charge in [0, 0.05) is 35.8 Å². The van der Waals surface area contributed by atoms with Crippen molar-refractivity contribution in [3.63, 3.8) is 0 Å². The summed E-state index contributed by atoms with van der Waals surface area (Å²) < 4.78 is 6.29. The maximum Gasteiger partial charge on any atom is 0.128 e. The van der Waals surface area contributed by atoms with Crippen LogP contribution in [0.15, 0.2) is 23.8 Å². The van der Waals surface area contributed by atoms with Crippen molar-refractivity contribution >= 4 is 0 Å². The molecule has 0 radical (unpaired) electrons. The van der Waals surface area contributed by atoms with Gasteiger partial charge in [-0.15, -0.1) is 0 Å². The topological polar surface area (TPSA) is 53.2 Å².